The molecular weight excluding hydrogens is 314 g/mol. The molecule has 1 aromatic heterocycles. The van der Waals surface area contributed by atoms with Crippen molar-refractivity contribution in [3.05, 3.63) is 67.0 Å². The smallest absolute Gasteiger partial charge is 0.221 e. The Hall–Kier alpha value is -2.95. The van der Waals surface area contributed by atoms with Gasteiger partial charge in [0.1, 0.15) is 0 Å². The van der Waals surface area contributed by atoms with Crippen molar-refractivity contribution >= 4 is 23.7 Å². The molecule has 0 spiro atoms. The van der Waals surface area contributed by atoms with E-state index in [1.807, 2.05) is 51.1 Å². The monoisotopic (exact) mass is 341 g/mol. The van der Waals surface area contributed by atoms with Gasteiger partial charge in [-0.1, -0.05) is 32.1 Å². The van der Waals surface area contributed by atoms with E-state index in [4.69, 9.17) is 0 Å². The predicted molar refractivity (Wildman–Crippen MR) is 105 cm³/mol. The second-order valence-electron chi connectivity index (χ2n) is 4.81. The van der Waals surface area contributed by atoms with Crippen molar-refractivity contribution in [1.82, 2.24) is 4.98 Å². The summed E-state index contributed by atoms with van der Waals surface area (Å²) in [5, 5.41) is 2.71. The number of aromatic nitrogens is 1. The highest BCUT2D eigenvalue weighted by molar-refractivity contribution is 5.88. The lowest BCUT2D eigenvalue weighted by Gasteiger charge is -2.13. The summed E-state index contributed by atoms with van der Waals surface area (Å²) in [4.78, 5) is 26.6. The van der Waals surface area contributed by atoms with Crippen LogP contribution in [0.4, 0.5) is 11.4 Å². The van der Waals surface area contributed by atoms with E-state index >= 15 is 0 Å². The van der Waals surface area contributed by atoms with Gasteiger partial charge in [-0.25, -0.2) is 0 Å². The molecule has 2 aromatic rings. The zero-order chi connectivity index (χ0) is 19.1. The van der Waals surface area contributed by atoms with E-state index in [1.54, 1.807) is 24.5 Å². The average Bonchev–Trinajstić information content (AvgIpc) is 2.62. The van der Waals surface area contributed by atoms with E-state index in [0.717, 1.165) is 23.3 Å². The maximum Gasteiger partial charge on any atom is 0.221 e. The Morgan fingerprint density at radius 3 is 2.48 bits per heavy atom. The Balaban J connectivity index is 0.000000421. The number of nitrogens with one attached hydrogen (secondary N) is 1. The van der Waals surface area contributed by atoms with Crippen LogP contribution in [0.15, 0.2) is 61.4 Å². The van der Waals surface area contributed by atoms with Gasteiger partial charge in [0, 0.05) is 25.4 Å². The van der Waals surface area contributed by atoms with Crippen LogP contribution >= 0.6 is 0 Å². The number of rotatable bonds is 5. The van der Waals surface area contributed by atoms with Gasteiger partial charge in [-0.2, -0.15) is 0 Å². The summed E-state index contributed by atoms with van der Waals surface area (Å²) in [5.41, 5.74) is 2.79. The van der Waals surface area contributed by atoms with Crippen LogP contribution in [0.25, 0.3) is 0 Å². The first kappa shape index (κ1) is 22.1. The molecule has 0 saturated carbocycles. The Kier molecular flexibility index (Phi) is 11.9. The van der Waals surface area contributed by atoms with Gasteiger partial charge in [-0.15, -0.1) is 6.58 Å². The molecule has 1 N–H and O–H groups in total. The Labute approximate surface area is 150 Å². The van der Waals surface area contributed by atoms with Crippen LogP contribution in [-0.2, 0) is 9.59 Å². The van der Waals surface area contributed by atoms with Crippen molar-refractivity contribution in [1.29, 1.82) is 0 Å². The lowest BCUT2D eigenvalue weighted by molar-refractivity contribution is -0.114. The van der Waals surface area contributed by atoms with E-state index in [0.29, 0.717) is 6.54 Å². The largest absolute Gasteiger partial charge is 0.326 e. The average molecular weight is 341 g/mol. The molecule has 0 radical (unpaired) electrons. The molecule has 134 valence electrons. The van der Waals surface area contributed by atoms with Gasteiger partial charge in [-0.05, 0) is 36.8 Å². The molecule has 0 aliphatic rings. The number of carbonyl (C=O) groups excluding carboxylic acids is 2. The van der Waals surface area contributed by atoms with Crippen molar-refractivity contribution < 1.29 is 9.59 Å². The molecule has 2 rings (SSSR count). The van der Waals surface area contributed by atoms with Gasteiger partial charge in [0.15, 0.2) is 0 Å². The lowest BCUT2D eigenvalue weighted by atomic mass is 10.2. The van der Waals surface area contributed by atoms with Gasteiger partial charge in [0.2, 0.25) is 12.3 Å². The second-order valence-corrected chi connectivity index (χ2v) is 4.81. The normalized spacial score (nSPS) is 8.64. The third-order valence-electron chi connectivity index (χ3n) is 2.77. The zero-order valence-electron chi connectivity index (χ0n) is 15.4. The summed E-state index contributed by atoms with van der Waals surface area (Å²) in [6.07, 6.45) is 5.73. The number of pyridine rings is 1. The van der Waals surface area contributed by atoms with E-state index < -0.39 is 0 Å². The molecule has 5 heteroatoms. The number of aryl methyl sites for hydroxylation is 1. The van der Waals surface area contributed by atoms with Gasteiger partial charge in [-0.3, -0.25) is 14.6 Å². The standard InChI is InChI=1S/C9H10N2O.C9H11NO.C2H6/c1-2-6-11(8-12)9-4-3-5-10-7-9;1-7-4-3-5-9(6-7)10-8(2)11;1-2/h2-5,7-8H,1,6H2;3-6H,1-2H3,(H,10,11);1-2H3. The summed E-state index contributed by atoms with van der Waals surface area (Å²) in [5.74, 6) is -0.0319. The van der Waals surface area contributed by atoms with Crippen LogP contribution in [0.3, 0.4) is 0 Å². The van der Waals surface area contributed by atoms with E-state index in [1.165, 1.54) is 11.8 Å². The number of carbonyl (C=O) groups is 2. The fraction of sp³-hybridized carbons (Fsp3) is 0.250. The molecule has 0 fully saturated rings. The van der Waals surface area contributed by atoms with Crippen molar-refractivity contribution in [3.63, 3.8) is 0 Å². The maximum absolute atomic E-state index is 10.6. The summed E-state index contributed by atoms with van der Waals surface area (Å²) in [7, 11) is 0. The minimum atomic E-state index is -0.0319. The van der Waals surface area contributed by atoms with Crippen molar-refractivity contribution in [2.45, 2.75) is 27.7 Å². The highest BCUT2D eigenvalue weighted by atomic mass is 16.1. The summed E-state index contributed by atoms with van der Waals surface area (Å²) in [6, 6.07) is 11.3. The van der Waals surface area contributed by atoms with E-state index in [-0.39, 0.29) is 5.91 Å². The van der Waals surface area contributed by atoms with Crippen molar-refractivity contribution in [2.75, 3.05) is 16.8 Å². The van der Waals surface area contributed by atoms with Crippen molar-refractivity contribution in [3.8, 4) is 0 Å². The van der Waals surface area contributed by atoms with Crippen molar-refractivity contribution in [2.24, 2.45) is 0 Å². The molecule has 0 atom stereocenters. The molecule has 0 aliphatic carbocycles. The third kappa shape index (κ3) is 9.71. The predicted octanol–water partition coefficient (Wildman–Crippen LogP) is 4.21. The van der Waals surface area contributed by atoms with E-state index in [2.05, 4.69) is 16.9 Å². The highest BCUT2D eigenvalue weighted by Gasteiger charge is 2.00. The molecule has 1 heterocycles. The van der Waals surface area contributed by atoms with Gasteiger partial charge < -0.3 is 10.2 Å². The first-order valence-electron chi connectivity index (χ1n) is 8.14. The fourth-order valence-electron chi connectivity index (χ4n) is 1.80. The molecule has 0 bridgehead atoms. The minimum absolute atomic E-state index is 0.0319. The number of amides is 2. The number of nitrogens with zero attached hydrogens (tertiary/aromatic N) is 2. The summed E-state index contributed by atoms with van der Waals surface area (Å²) < 4.78 is 0. The Morgan fingerprint density at radius 2 is 2.00 bits per heavy atom. The first-order valence-corrected chi connectivity index (χ1v) is 8.14. The molecule has 2 amide bonds. The third-order valence-corrected chi connectivity index (χ3v) is 2.77. The number of hydrogen-bond donors (Lipinski definition) is 1. The first-order chi connectivity index (χ1) is 12.1. The fourth-order valence-corrected chi connectivity index (χ4v) is 1.80. The quantitative estimate of drug-likeness (QED) is 0.654. The Bertz CT molecular complexity index is 642. The number of benzene rings is 1. The van der Waals surface area contributed by atoms with Crippen LogP contribution < -0.4 is 10.2 Å². The van der Waals surface area contributed by atoms with Gasteiger partial charge >= 0.3 is 0 Å². The molecular formula is C20H27N3O2. The SMILES string of the molecule is C=CCN(C=O)c1cccnc1.CC.CC(=O)Nc1cccc(C)c1. The summed E-state index contributed by atoms with van der Waals surface area (Å²) >= 11 is 0. The molecule has 0 unspecified atom stereocenters. The number of anilines is 2. The van der Waals surface area contributed by atoms with Crippen LogP contribution in [-0.4, -0.2) is 23.8 Å². The summed E-state index contributed by atoms with van der Waals surface area (Å²) in [6.45, 7) is 11.6. The van der Waals surface area contributed by atoms with Crippen LogP contribution in [0.1, 0.15) is 26.3 Å². The topological polar surface area (TPSA) is 62.3 Å². The van der Waals surface area contributed by atoms with Crippen LogP contribution in [0.2, 0.25) is 0 Å². The second kappa shape index (κ2) is 13.5. The number of hydrogen-bond acceptors (Lipinski definition) is 3. The van der Waals surface area contributed by atoms with Gasteiger partial charge in [0.05, 0.1) is 11.9 Å². The van der Waals surface area contributed by atoms with Crippen LogP contribution in [0, 0.1) is 6.92 Å². The maximum atomic E-state index is 10.6. The molecule has 25 heavy (non-hydrogen) atoms. The Morgan fingerprint density at radius 1 is 1.28 bits per heavy atom. The van der Waals surface area contributed by atoms with Crippen LogP contribution in [0.5, 0.6) is 0 Å². The molecule has 0 saturated heterocycles. The van der Waals surface area contributed by atoms with Gasteiger partial charge in [0.25, 0.3) is 0 Å². The zero-order valence-corrected chi connectivity index (χ0v) is 15.4. The molecule has 1 aromatic carbocycles. The molecule has 5 nitrogen and oxygen atoms in total. The highest BCUT2D eigenvalue weighted by Crippen LogP contribution is 2.09. The van der Waals surface area contributed by atoms with E-state index in [9.17, 15) is 9.59 Å². The minimum Gasteiger partial charge on any atom is -0.326 e. The lowest BCUT2D eigenvalue weighted by Crippen LogP contribution is -2.20. The molecule has 0 aliphatic heterocycles.